The van der Waals surface area contributed by atoms with E-state index in [9.17, 15) is 9.18 Å². The second-order valence-electron chi connectivity index (χ2n) is 4.07. The van der Waals surface area contributed by atoms with Crippen molar-refractivity contribution in [3.8, 4) is 11.5 Å². The van der Waals surface area contributed by atoms with Crippen LogP contribution in [0.2, 0.25) is 0 Å². The topological polar surface area (TPSA) is 72.5 Å². The van der Waals surface area contributed by atoms with Crippen LogP contribution < -0.4 is 10.5 Å². The largest absolute Gasteiger partial charge is 0.478 e. The molecule has 0 saturated heterocycles. The molecule has 5 heteroatoms. The van der Waals surface area contributed by atoms with Crippen molar-refractivity contribution in [1.82, 2.24) is 0 Å². The molecule has 0 heterocycles. The second-order valence-corrected chi connectivity index (χ2v) is 4.07. The van der Waals surface area contributed by atoms with Crippen LogP contribution in [0.3, 0.4) is 0 Å². The Bertz CT molecular complexity index is 641. The Hall–Kier alpha value is -2.56. The number of anilines is 1. The van der Waals surface area contributed by atoms with Gasteiger partial charge in [-0.15, -0.1) is 0 Å². The van der Waals surface area contributed by atoms with Crippen LogP contribution in [0, 0.1) is 12.7 Å². The molecule has 0 saturated carbocycles. The van der Waals surface area contributed by atoms with Gasteiger partial charge in [0.15, 0.2) is 0 Å². The molecule has 98 valence electrons. The molecule has 0 atom stereocenters. The van der Waals surface area contributed by atoms with E-state index in [1.165, 1.54) is 24.3 Å². The van der Waals surface area contributed by atoms with Gasteiger partial charge in [-0.1, -0.05) is 6.07 Å². The van der Waals surface area contributed by atoms with Crippen LogP contribution in [0.4, 0.5) is 10.1 Å². The summed E-state index contributed by atoms with van der Waals surface area (Å²) in [5, 5.41) is 8.94. The third-order valence-electron chi connectivity index (χ3n) is 2.63. The number of carboxylic acid groups (broad SMARTS) is 1. The Labute approximate surface area is 109 Å². The van der Waals surface area contributed by atoms with Crippen LogP contribution in [-0.4, -0.2) is 11.1 Å². The molecule has 2 aromatic rings. The number of aromatic carboxylic acids is 1. The van der Waals surface area contributed by atoms with Crippen LogP contribution in [0.25, 0.3) is 0 Å². The lowest BCUT2D eigenvalue weighted by Crippen LogP contribution is -2.02. The first-order valence-electron chi connectivity index (χ1n) is 5.54. The monoisotopic (exact) mass is 261 g/mol. The fourth-order valence-electron chi connectivity index (χ4n) is 1.56. The summed E-state index contributed by atoms with van der Waals surface area (Å²) in [5.74, 6) is -0.941. The average Bonchev–Trinajstić information content (AvgIpc) is 2.36. The van der Waals surface area contributed by atoms with Gasteiger partial charge in [-0.05, 0) is 36.8 Å². The van der Waals surface area contributed by atoms with Gasteiger partial charge < -0.3 is 15.6 Å². The number of aryl methyl sites for hydroxylation is 1. The molecule has 0 unspecified atom stereocenters. The summed E-state index contributed by atoms with van der Waals surface area (Å²) in [5.41, 5.74) is 6.14. The van der Waals surface area contributed by atoms with Crippen molar-refractivity contribution in [3.63, 3.8) is 0 Å². The first-order chi connectivity index (χ1) is 8.97. The zero-order chi connectivity index (χ0) is 14.0. The van der Waals surface area contributed by atoms with Crippen LogP contribution in [0.15, 0.2) is 36.4 Å². The maximum atomic E-state index is 13.4. The molecule has 0 aromatic heterocycles. The smallest absolute Gasteiger partial charge is 0.337 e. The molecule has 2 rings (SSSR count). The number of nitrogen functional groups attached to an aromatic ring is 1. The van der Waals surface area contributed by atoms with Crippen molar-refractivity contribution in [2.75, 3.05) is 5.73 Å². The van der Waals surface area contributed by atoms with Crippen molar-refractivity contribution >= 4 is 11.7 Å². The Morgan fingerprint density at radius 3 is 2.47 bits per heavy atom. The van der Waals surface area contributed by atoms with E-state index in [0.717, 1.165) is 0 Å². The Kier molecular flexibility index (Phi) is 3.37. The minimum atomic E-state index is -1.14. The van der Waals surface area contributed by atoms with Crippen molar-refractivity contribution in [3.05, 3.63) is 53.3 Å². The predicted molar refractivity (Wildman–Crippen MR) is 69.0 cm³/mol. The van der Waals surface area contributed by atoms with Crippen LogP contribution in [0.1, 0.15) is 15.9 Å². The first kappa shape index (κ1) is 12.9. The predicted octanol–water partition coefficient (Wildman–Crippen LogP) is 3.21. The van der Waals surface area contributed by atoms with Crippen molar-refractivity contribution in [2.24, 2.45) is 0 Å². The quantitative estimate of drug-likeness (QED) is 0.832. The van der Waals surface area contributed by atoms with E-state index in [1.807, 2.05) is 0 Å². The van der Waals surface area contributed by atoms with Crippen molar-refractivity contribution in [1.29, 1.82) is 0 Å². The molecule has 0 fully saturated rings. The highest BCUT2D eigenvalue weighted by molar-refractivity contribution is 5.94. The van der Waals surface area contributed by atoms with Gasteiger partial charge in [0.1, 0.15) is 17.3 Å². The Balaban J connectivity index is 2.30. The molecular weight excluding hydrogens is 249 g/mol. The Morgan fingerprint density at radius 1 is 1.21 bits per heavy atom. The van der Waals surface area contributed by atoms with Gasteiger partial charge >= 0.3 is 5.97 Å². The number of hydrogen-bond acceptors (Lipinski definition) is 3. The highest BCUT2D eigenvalue weighted by Gasteiger charge is 2.10. The summed E-state index contributed by atoms with van der Waals surface area (Å²) in [6.07, 6.45) is 0. The zero-order valence-electron chi connectivity index (χ0n) is 10.2. The number of halogens is 1. The number of benzene rings is 2. The molecule has 0 aliphatic carbocycles. The van der Waals surface area contributed by atoms with Crippen LogP contribution in [-0.2, 0) is 0 Å². The van der Waals surface area contributed by atoms with Gasteiger partial charge in [-0.2, -0.15) is 0 Å². The number of hydrogen-bond donors (Lipinski definition) is 2. The van der Waals surface area contributed by atoms with E-state index in [0.29, 0.717) is 11.3 Å². The van der Waals surface area contributed by atoms with E-state index < -0.39 is 5.97 Å². The van der Waals surface area contributed by atoms with Crippen molar-refractivity contribution < 1.29 is 19.0 Å². The number of nitrogens with two attached hydrogens (primary N) is 1. The number of ether oxygens (including phenoxy) is 1. The molecular formula is C14H12FNO3. The summed E-state index contributed by atoms with van der Waals surface area (Å²) in [6.45, 7) is 1.64. The molecule has 19 heavy (non-hydrogen) atoms. The van der Waals surface area contributed by atoms with E-state index in [2.05, 4.69) is 0 Å². The lowest BCUT2D eigenvalue weighted by molar-refractivity contribution is 0.0697. The molecule has 0 aliphatic heterocycles. The zero-order valence-corrected chi connectivity index (χ0v) is 10.2. The molecule has 0 radical (unpaired) electrons. The minimum absolute atomic E-state index is 0.0508. The average molecular weight is 261 g/mol. The normalized spacial score (nSPS) is 10.2. The van der Waals surface area contributed by atoms with Crippen molar-refractivity contribution in [2.45, 2.75) is 6.92 Å². The second kappa shape index (κ2) is 4.97. The van der Waals surface area contributed by atoms with E-state index >= 15 is 0 Å². The summed E-state index contributed by atoms with van der Waals surface area (Å²) < 4.78 is 18.8. The van der Waals surface area contributed by atoms with Gasteiger partial charge in [0, 0.05) is 11.8 Å². The third kappa shape index (κ3) is 2.82. The van der Waals surface area contributed by atoms with Gasteiger partial charge in [-0.25, -0.2) is 9.18 Å². The van der Waals surface area contributed by atoms with E-state index in [-0.39, 0.29) is 22.8 Å². The lowest BCUT2D eigenvalue weighted by atomic mass is 10.1. The van der Waals surface area contributed by atoms with Crippen LogP contribution >= 0.6 is 0 Å². The molecule has 3 N–H and O–H groups in total. The van der Waals surface area contributed by atoms with Gasteiger partial charge in [0.2, 0.25) is 0 Å². The SMILES string of the molecule is Cc1ccc(Oc2ccc(N)c(C(=O)O)c2)cc1F. The summed E-state index contributed by atoms with van der Waals surface area (Å²) in [7, 11) is 0. The third-order valence-corrected chi connectivity index (χ3v) is 2.63. The van der Waals surface area contributed by atoms with Gasteiger partial charge in [0.25, 0.3) is 0 Å². The summed E-state index contributed by atoms with van der Waals surface area (Å²) in [4.78, 5) is 10.9. The molecule has 0 bridgehead atoms. The summed E-state index contributed by atoms with van der Waals surface area (Å²) in [6, 6.07) is 8.69. The molecule has 2 aromatic carbocycles. The summed E-state index contributed by atoms with van der Waals surface area (Å²) >= 11 is 0. The molecule has 0 amide bonds. The highest BCUT2D eigenvalue weighted by atomic mass is 19.1. The highest BCUT2D eigenvalue weighted by Crippen LogP contribution is 2.26. The Morgan fingerprint density at radius 2 is 1.84 bits per heavy atom. The standard InChI is InChI=1S/C14H12FNO3/c1-8-2-3-10(7-12(8)15)19-9-4-5-13(16)11(6-9)14(17)18/h2-7H,16H2,1H3,(H,17,18). The molecule has 0 spiro atoms. The fraction of sp³-hybridized carbons (Fsp3) is 0.0714. The molecule has 4 nitrogen and oxygen atoms in total. The fourth-order valence-corrected chi connectivity index (χ4v) is 1.56. The van der Waals surface area contributed by atoms with E-state index in [4.69, 9.17) is 15.6 Å². The number of carbonyl (C=O) groups is 1. The minimum Gasteiger partial charge on any atom is -0.478 e. The maximum absolute atomic E-state index is 13.4. The first-order valence-corrected chi connectivity index (χ1v) is 5.54. The van der Waals surface area contributed by atoms with Crippen LogP contribution in [0.5, 0.6) is 11.5 Å². The number of carboxylic acids is 1. The molecule has 0 aliphatic rings. The maximum Gasteiger partial charge on any atom is 0.337 e. The lowest BCUT2D eigenvalue weighted by Gasteiger charge is -2.08. The van der Waals surface area contributed by atoms with E-state index in [1.54, 1.807) is 19.1 Å². The van der Waals surface area contributed by atoms with Gasteiger partial charge in [-0.3, -0.25) is 0 Å². The number of rotatable bonds is 3. The van der Waals surface area contributed by atoms with Gasteiger partial charge in [0.05, 0.1) is 5.56 Å².